The molecular formula is C22H30Br2N2O2S2. The van der Waals surface area contributed by atoms with E-state index in [4.69, 9.17) is 0 Å². The molecule has 2 aromatic rings. The fourth-order valence-electron chi connectivity index (χ4n) is 2.58. The van der Waals surface area contributed by atoms with Gasteiger partial charge in [0.25, 0.3) is 0 Å². The van der Waals surface area contributed by atoms with Crippen molar-refractivity contribution in [2.75, 3.05) is 0 Å². The predicted molar refractivity (Wildman–Crippen MR) is 136 cm³/mol. The number of benzene rings is 2. The van der Waals surface area contributed by atoms with Crippen LogP contribution in [0.2, 0.25) is 0 Å². The molecule has 2 unspecified atom stereocenters. The highest BCUT2D eigenvalue weighted by molar-refractivity contribution is 9.10. The van der Waals surface area contributed by atoms with E-state index in [1.54, 1.807) is 0 Å². The second-order valence-corrected chi connectivity index (χ2v) is 14.9. The van der Waals surface area contributed by atoms with Gasteiger partial charge in [0.2, 0.25) is 0 Å². The normalized spacial score (nSPS) is 16.7. The molecule has 8 heteroatoms. The van der Waals surface area contributed by atoms with E-state index >= 15 is 0 Å². The maximum absolute atomic E-state index is 13.1. The number of hydrogen-bond acceptors (Lipinski definition) is 2. The summed E-state index contributed by atoms with van der Waals surface area (Å²) in [7, 11) is -2.64. The van der Waals surface area contributed by atoms with Crippen LogP contribution in [-0.2, 0) is 22.0 Å². The highest BCUT2D eigenvalue weighted by atomic mass is 79.9. The summed E-state index contributed by atoms with van der Waals surface area (Å²) in [6.45, 7) is 11.6. The van der Waals surface area contributed by atoms with Gasteiger partial charge in [-0.2, -0.15) is 0 Å². The molecule has 0 saturated heterocycles. The average Bonchev–Trinajstić information content (AvgIpc) is 2.64. The molecule has 0 aliphatic carbocycles. The van der Waals surface area contributed by atoms with Crippen LogP contribution < -0.4 is 9.44 Å². The first-order valence-electron chi connectivity index (χ1n) is 9.66. The fourth-order valence-corrected chi connectivity index (χ4v) is 4.82. The highest BCUT2D eigenvalue weighted by Crippen LogP contribution is 2.33. The van der Waals surface area contributed by atoms with Crippen LogP contribution >= 0.6 is 31.9 Å². The summed E-state index contributed by atoms with van der Waals surface area (Å²) in [6.07, 6.45) is 0. The lowest BCUT2D eigenvalue weighted by Crippen LogP contribution is -2.44. The first-order valence-corrected chi connectivity index (χ1v) is 13.5. The molecular weight excluding hydrogens is 548 g/mol. The Kier molecular flexibility index (Phi) is 9.05. The van der Waals surface area contributed by atoms with Gasteiger partial charge in [-0.25, -0.2) is 17.9 Å². The Morgan fingerprint density at radius 1 is 0.633 bits per heavy atom. The first-order chi connectivity index (χ1) is 13.8. The number of rotatable bonds is 7. The van der Waals surface area contributed by atoms with Gasteiger partial charge in [-0.15, -0.1) is 0 Å². The second kappa shape index (κ2) is 10.5. The predicted octanol–water partition coefficient (Wildman–Crippen LogP) is 6.10. The zero-order valence-corrected chi connectivity index (χ0v) is 23.0. The SMILES string of the molecule is CC(C)(C)S(=O)N[C@@H](c1ccc(Br)cc1)[C@@H](NS(=O)C(C)(C)C)c1ccc(Br)cc1. The molecule has 0 heterocycles. The summed E-state index contributed by atoms with van der Waals surface area (Å²) in [5.74, 6) is 0. The van der Waals surface area contributed by atoms with Gasteiger partial charge < -0.3 is 0 Å². The molecule has 0 aromatic heterocycles. The Labute approximate surface area is 202 Å². The summed E-state index contributed by atoms with van der Waals surface area (Å²) >= 11 is 6.97. The van der Waals surface area contributed by atoms with Crippen molar-refractivity contribution in [2.45, 2.75) is 63.1 Å². The van der Waals surface area contributed by atoms with Gasteiger partial charge in [-0.1, -0.05) is 56.1 Å². The van der Waals surface area contributed by atoms with Gasteiger partial charge in [-0.3, -0.25) is 0 Å². The summed E-state index contributed by atoms with van der Waals surface area (Å²) in [6, 6.07) is 15.1. The van der Waals surface area contributed by atoms with Gasteiger partial charge in [0, 0.05) is 8.95 Å². The summed E-state index contributed by atoms with van der Waals surface area (Å²) in [4.78, 5) is 0. The van der Waals surface area contributed by atoms with E-state index in [-0.39, 0.29) is 12.1 Å². The highest BCUT2D eigenvalue weighted by Gasteiger charge is 2.33. The standard InChI is InChI=1S/C22H30Br2N2O2S2/c1-21(2,3)29(27)25-19(15-7-11-17(23)12-8-15)20(26-30(28)22(4,5)6)16-9-13-18(24)14-10-16/h7-14,19-20,25-26H,1-6H3/t19-,20-,29?,30?/m0/s1. The lowest BCUT2D eigenvalue weighted by Gasteiger charge is -2.33. The minimum atomic E-state index is -1.32. The molecule has 0 radical (unpaired) electrons. The largest absolute Gasteiger partial charge is 0.242 e. The van der Waals surface area contributed by atoms with Crippen molar-refractivity contribution in [1.29, 1.82) is 0 Å². The van der Waals surface area contributed by atoms with Crippen LogP contribution in [-0.4, -0.2) is 17.9 Å². The molecule has 2 N–H and O–H groups in total. The molecule has 0 spiro atoms. The van der Waals surface area contributed by atoms with E-state index in [1.807, 2.05) is 90.1 Å². The molecule has 166 valence electrons. The minimum Gasteiger partial charge on any atom is -0.242 e. The third-order valence-electron chi connectivity index (χ3n) is 4.37. The molecule has 0 aliphatic rings. The van der Waals surface area contributed by atoms with Crippen molar-refractivity contribution in [3.05, 3.63) is 68.6 Å². The fraction of sp³-hybridized carbons (Fsp3) is 0.455. The second-order valence-electron chi connectivity index (χ2n) is 9.06. The van der Waals surface area contributed by atoms with Crippen LogP contribution in [0, 0.1) is 0 Å². The van der Waals surface area contributed by atoms with E-state index in [0.717, 1.165) is 20.1 Å². The van der Waals surface area contributed by atoms with E-state index in [2.05, 4.69) is 41.3 Å². The molecule has 0 amide bonds. The lowest BCUT2D eigenvalue weighted by molar-refractivity contribution is 0.485. The van der Waals surface area contributed by atoms with Gasteiger partial charge >= 0.3 is 0 Å². The van der Waals surface area contributed by atoms with Crippen molar-refractivity contribution < 1.29 is 8.42 Å². The zero-order valence-electron chi connectivity index (χ0n) is 18.2. The third-order valence-corrected chi connectivity index (χ3v) is 8.59. The molecule has 30 heavy (non-hydrogen) atoms. The van der Waals surface area contributed by atoms with Crippen molar-refractivity contribution in [3.63, 3.8) is 0 Å². The van der Waals surface area contributed by atoms with Crippen molar-refractivity contribution in [2.24, 2.45) is 0 Å². The first kappa shape index (κ1) is 25.9. The van der Waals surface area contributed by atoms with E-state index in [9.17, 15) is 8.42 Å². The molecule has 0 bridgehead atoms. The number of hydrogen-bond donors (Lipinski definition) is 2. The van der Waals surface area contributed by atoms with Gasteiger partial charge in [0.15, 0.2) is 0 Å². The summed E-state index contributed by atoms with van der Waals surface area (Å²) in [5, 5.41) is 0. The van der Waals surface area contributed by atoms with Crippen LogP contribution in [0.25, 0.3) is 0 Å². The molecule has 0 aliphatic heterocycles. The zero-order chi connectivity index (χ0) is 22.7. The van der Waals surface area contributed by atoms with Crippen molar-refractivity contribution >= 4 is 53.8 Å². The Morgan fingerprint density at radius 2 is 0.900 bits per heavy atom. The molecule has 0 saturated carbocycles. The quantitative estimate of drug-likeness (QED) is 0.418. The van der Waals surface area contributed by atoms with Crippen LogP contribution in [0.5, 0.6) is 0 Å². The van der Waals surface area contributed by atoms with Crippen molar-refractivity contribution in [1.82, 2.24) is 9.44 Å². The topological polar surface area (TPSA) is 58.2 Å². The Balaban J connectivity index is 2.57. The molecule has 4 nitrogen and oxygen atoms in total. The van der Waals surface area contributed by atoms with Gasteiger partial charge in [-0.05, 0) is 76.9 Å². The lowest BCUT2D eigenvalue weighted by atomic mass is 9.95. The molecule has 0 fully saturated rings. The Bertz CT molecular complexity index is 814. The van der Waals surface area contributed by atoms with Crippen LogP contribution in [0.1, 0.15) is 64.8 Å². The summed E-state index contributed by atoms with van der Waals surface area (Å²) in [5.41, 5.74) is 1.92. The van der Waals surface area contributed by atoms with Crippen LogP contribution in [0.15, 0.2) is 57.5 Å². The maximum Gasteiger partial charge on any atom is 0.0976 e. The smallest absolute Gasteiger partial charge is 0.0976 e. The molecule has 2 aromatic carbocycles. The maximum atomic E-state index is 13.1. The van der Waals surface area contributed by atoms with E-state index in [0.29, 0.717) is 0 Å². The van der Waals surface area contributed by atoms with E-state index < -0.39 is 31.5 Å². The third kappa shape index (κ3) is 7.35. The number of halogens is 2. The van der Waals surface area contributed by atoms with Crippen LogP contribution in [0.3, 0.4) is 0 Å². The van der Waals surface area contributed by atoms with Gasteiger partial charge in [0.05, 0.1) is 43.5 Å². The number of nitrogens with one attached hydrogen (secondary N) is 2. The monoisotopic (exact) mass is 576 g/mol. The van der Waals surface area contributed by atoms with E-state index in [1.165, 1.54) is 0 Å². The molecule has 2 rings (SSSR count). The van der Waals surface area contributed by atoms with Crippen molar-refractivity contribution in [3.8, 4) is 0 Å². The average molecular weight is 578 g/mol. The minimum absolute atomic E-state index is 0.356. The molecule has 4 atom stereocenters. The summed E-state index contributed by atoms with van der Waals surface area (Å²) < 4.78 is 33.8. The Hall–Kier alpha value is -0.380. The Morgan fingerprint density at radius 3 is 1.13 bits per heavy atom. The van der Waals surface area contributed by atoms with Crippen LogP contribution in [0.4, 0.5) is 0 Å². The van der Waals surface area contributed by atoms with Gasteiger partial charge in [0.1, 0.15) is 0 Å².